The quantitative estimate of drug-likeness (QED) is 0.517. The molecule has 1 aliphatic heterocycles. The second-order valence-electron chi connectivity index (χ2n) is 8.42. The molecule has 2 aliphatic rings. The van der Waals surface area contributed by atoms with Gasteiger partial charge in [-0.2, -0.15) is 0 Å². The summed E-state index contributed by atoms with van der Waals surface area (Å²) in [5, 5.41) is 3.13. The number of benzene rings is 2. The zero-order valence-corrected chi connectivity index (χ0v) is 19.2. The summed E-state index contributed by atoms with van der Waals surface area (Å²) in [5.41, 5.74) is 3.56. The van der Waals surface area contributed by atoms with E-state index in [4.69, 9.17) is 18.8 Å². The molecule has 2 fully saturated rings. The lowest BCUT2D eigenvalue weighted by atomic mass is 9.75. The van der Waals surface area contributed by atoms with Crippen LogP contribution < -0.4 is 15.1 Å². The molecule has 1 heterocycles. The number of rotatable bonds is 6. The molecule has 0 radical (unpaired) electrons. The molecular weight excluding hydrogens is 420 g/mol. The zero-order valence-electron chi connectivity index (χ0n) is 18.4. The van der Waals surface area contributed by atoms with Gasteiger partial charge in [-0.25, -0.2) is 4.85 Å². The number of hydrogen-bond acceptors (Lipinski definition) is 3. The van der Waals surface area contributed by atoms with Crippen LogP contribution in [-0.2, 0) is 16.0 Å². The molecule has 2 aromatic rings. The third-order valence-corrected chi connectivity index (χ3v) is 6.86. The predicted octanol–water partition coefficient (Wildman–Crippen LogP) is 4.68. The minimum atomic E-state index is -0.621. The lowest BCUT2D eigenvalue weighted by molar-refractivity contribution is -0.124. The first-order valence-electron chi connectivity index (χ1n) is 10.9. The van der Waals surface area contributed by atoms with Crippen LogP contribution in [-0.4, -0.2) is 29.5 Å². The average molecular weight is 447 g/mol. The highest BCUT2D eigenvalue weighted by atomic mass is 32.1. The SMILES string of the molecule is [C-]#[N+]c1ccc(N2C(=O)C3(CCC3)N(c3ccc(CCCC(=O)NC)cc3)C2=S)cc1C. The van der Waals surface area contributed by atoms with Crippen molar-refractivity contribution >= 4 is 46.2 Å². The van der Waals surface area contributed by atoms with Crippen molar-refractivity contribution in [3.63, 3.8) is 0 Å². The summed E-state index contributed by atoms with van der Waals surface area (Å²) in [4.78, 5) is 32.2. The summed E-state index contributed by atoms with van der Waals surface area (Å²) in [6.07, 6.45) is 4.65. The van der Waals surface area contributed by atoms with Crippen molar-refractivity contribution in [3.05, 3.63) is 65.0 Å². The molecule has 0 atom stereocenters. The molecule has 6 nitrogen and oxygen atoms in total. The molecule has 0 aromatic heterocycles. The van der Waals surface area contributed by atoms with Crippen LogP contribution >= 0.6 is 12.2 Å². The third-order valence-electron chi connectivity index (χ3n) is 6.49. The standard InChI is InChI=1S/C25H26N4O2S/c1-17-16-20(12-13-21(17)26-2)28-23(31)25(14-5-15-25)29(24(28)32)19-10-8-18(9-11-19)6-4-7-22(30)27-3/h8-13,16H,4-7,14-15H2,1,3H3,(H,27,30). The number of carbonyl (C=O) groups excluding carboxylic acids is 2. The minimum Gasteiger partial charge on any atom is -0.359 e. The van der Waals surface area contributed by atoms with Crippen molar-refractivity contribution in [2.45, 2.75) is 51.0 Å². The van der Waals surface area contributed by atoms with Crippen LogP contribution in [0.2, 0.25) is 0 Å². The Labute approximate surface area is 194 Å². The van der Waals surface area contributed by atoms with Gasteiger partial charge in [0.25, 0.3) is 5.91 Å². The van der Waals surface area contributed by atoms with Gasteiger partial charge in [0.15, 0.2) is 10.8 Å². The van der Waals surface area contributed by atoms with E-state index in [0.29, 0.717) is 22.9 Å². The molecular formula is C25H26N4O2S. The van der Waals surface area contributed by atoms with Gasteiger partial charge in [-0.3, -0.25) is 14.5 Å². The number of carbonyl (C=O) groups is 2. The number of amides is 2. The largest absolute Gasteiger partial charge is 0.359 e. The number of hydrogen-bond donors (Lipinski definition) is 1. The van der Waals surface area contributed by atoms with Crippen molar-refractivity contribution in [3.8, 4) is 0 Å². The lowest BCUT2D eigenvalue weighted by Gasteiger charge is -2.43. The summed E-state index contributed by atoms with van der Waals surface area (Å²) in [5.74, 6) is 0.0626. The van der Waals surface area contributed by atoms with Crippen molar-refractivity contribution in [1.82, 2.24) is 5.32 Å². The lowest BCUT2D eigenvalue weighted by Crippen LogP contribution is -2.55. The van der Waals surface area contributed by atoms with Crippen LogP contribution in [0.5, 0.6) is 0 Å². The summed E-state index contributed by atoms with van der Waals surface area (Å²) in [6, 6.07) is 13.6. The molecule has 2 aromatic carbocycles. The number of thiocarbonyl (C=S) groups is 1. The molecule has 1 aliphatic carbocycles. The van der Waals surface area contributed by atoms with Gasteiger partial charge < -0.3 is 10.2 Å². The van der Waals surface area contributed by atoms with Crippen LogP contribution in [0.4, 0.5) is 17.1 Å². The molecule has 4 rings (SSSR count). The maximum Gasteiger partial charge on any atom is 0.259 e. The first-order valence-corrected chi connectivity index (χ1v) is 11.3. The highest BCUT2D eigenvalue weighted by molar-refractivity contribution is 7.81. The van der Waals surface area contributed by atoms with Gasteiger partial charge in [-0.05, 0) is 86.6 Å². The Morgan fingerprint density at radius 1 is 1.19 bits per heavy atom. The number of aryl methyl sites for hydroxylation is 2. The maximum absolute atomic E-state index is 13.6. The Balaban J connectivity index is 1.59. The smallest absolute Gasteiger partial charge is 0.259 e. The molecule has 164 valence electrons. The van der Waals surface area contributed by atoms with Crippen molar-refractivity contribution in [2.24, 2.45) is 0 Å². The van der Waals surface area contributed by atoms with Crippen LogP contribution in [0, 0.1) is 13.5 Å². The number of nitrogens with one attached hydrogen (secondary N) is 1. The molecule has 2 amide bonds. The molecule has 1 spiro atoms. The van der Waals surface area contributed by atoms with Gasteiger partial charge in [-0.1, -0.05) is 18.2 Å². The van der Waals surface area contributed by atoms with Crippen LogP contribution in [0.1, 0.15) is 43.2 Å². The molecule has 32 heavy (non-hydrogen) atoms. The second-order valence-corrected chi connectivity index (χ2v) is 8.78. The van der Waals surface area contributed by atoms with E-state index in [1.54, 1.807) is 24.1 Å². The van der Waals surface area contributed by atoms with E-state index in [1.165, 1.54) is 0 Å². The van der Waals surface area contributed by atoms with Gasteiger partial charge >= 0.3 is 0 Å². The highest BCUT2D eigenvalue weighted by Crippen LogP contribution is 2.48. The van der Waals surface area contributed by atoms with E-state index >= 15 is 0 Å². The fraction of sp³-hybridized carbons (Fsp3) is 0.360. The summed E-state index contributed by atoms with van der Waals surface area (Å²) >= 11 is 5.83. The molecule has 7 heteroatoms. The summed E-state index contributed by atoms with van der Waals surface area (Å²) in [7, 11) is 1.65. The Kier molecular flexibility index (Phi) is 5.98. The fourth-order valence-electron chi connectivity index (χ4n) is 4.50. The Hall–Kier alpha value is -3.24. The van der Waals surface area contributed by atoms with Crippen molar-refractivity contribution in [2.75, 3.05) is 16.8 Å². The van der Waals surface area contributed by atoms with Crippen LogP contribution in [0.25, 0.3) is 4.85 Å². The normalized spacial score (nSPS) is 16.8. The monoisotopic (exact) mass is 446 g/mol. The molecule has 1 saturated heterocycles. The average Bonchev–Trinajstić information content (AvgIpc) is 3.00. The van der Waals surface area contributed by atoms with Gasteiger partial charge in [0.1, 0.15) is 5.54 Å². The van der Waals surface area contributed by atoms with Gasteiger partial charge in [0, 0.05) is 24.8 Å². The number of nitrogens with zero attached hydrogens (tertiary/aromatic N) is 3. The first kappa shape index (κ1) is 22.0. The van der Waals surface area contributed by atoms with Crippen LogP contribution in [0.3, 0.4) is 0 Å². The molecule has 1 saturated carbocycles. The van der Waals surface area contributed by atoms with E-state index in [9.17, 15) is 9.59 Å². The summed E-state index contributed by atoms with van der Waals surface area (Å²) in [6.45, 7) is 9.15. The van der Waals surface area contributed by atoms with E-state index < -0.39 is 5.54 Å². The molecule has 0 bridgehead atoms. The number of anilines is 2. The van der Waals surface area contributed by atoms with Crippen molar-refractivity contribution in [1.29, 1.82) is 0 Å². The Morgan fingerprint density at radius 3 is 2.44 bits per heavy atom. The fourth-order valence-corrected chi connectivity index (χ4v) is 4.97. The van der Waals surface area contributed by atoms with E-state index in [0.717, 1.165) is 48.9 Å². The van der Waals surface area contributed by atoms with Gasteiger partial charge in [0.2, 0.25) is 5.91 Å². The van der Waals surface area contributed by atoms with E-state index in [2.05, 4.69) is 22.3 Å². The Bertz CT molecular complexity index is 1120. The third kappa shape index (κ3) is 3.65. The minimum absolute atomic E-state index is 0.0124. The molecule has 1 N–H and O–H groups in total. The van der Waals surface area contributed by atoms with E-state index in [1.807, 2.05) is 30.0 Å². The van der Waals surface area contributed by atoms with Gasteiger partial charge in [-0.15, -0.1) is 0 Å². The van der Waals surface area contributed by atoms with Crippen LogP contribution in [0.15, 0.2) is 42.5 Å². The highest BCUT2D eigenvalue weighted by Gasteiger charge is 2.59. The second kappa shape index (κ2) is 8.71. The van der Waals surface area contributed by atoms with Crippen molar-refractivity contribution < 1.29 is 9.59 Å². The topological polar surface area (TPSA) is 57.0 Å². The molecule has 0 unspecified atom stereocenters. The first-order chi connectivity index (χ1) is 15.4. The zero-order chi connectivity index (χ0) is 22.9. The predicted molar refractivity (Wildman–Crippen MR) is 130 cm³/mol. The van der Waals surface area contributed by atoms with E-state index in [-0.39, 0.29) is 11.8 Å². The Morgan fingerprint density at radius 2 is 1.88 bits per heavy atom. The van der Waals surface area contributed by atoms with Gasteiger partial charge in [0.05, 0.1) is 6.57 Å². The summed E-state index contributed by atoms with van der Waals surface area (Å²) < 4.78 is 0. The maximum atomic E-state index is 13.6.